The van der Waals surface area contributed by atoms with Crippen molar-refractivity contribution in [3.8, 4) is 11.8 Å². The van der Waals surface area contributed by atoms with Crippen molar-refractivity contribution in [2.45, 2.75) is 32.6 Å². The van der Waals surface area contributed by atoms with Gasteiger partial charge in [0.15, 0.2) is 0 Å². The van der Waals surface area contributed by atoms with Crippen LogP contribution in [0, 0.1) is 18.8 Å². The van der Waals surface area contributed by atoms with Crippen LogP contribution in [0.5, 0.6) is 0 Å². The van der Waals surface area contributed by atoms with Crippen LogP contribution in [0.3, 0.4) is 0 Å². The van der Waals surface area contributed by atoms with Crippen molar-refractivity contribution < 1.29 is 9.90 Å². The molecule has 0 unspecified atom stereocenters. The van der Waals surface area contributed by atoms with Crippen LogP contribution in [0.25, 0.3) is 0 Å². The van der Waals surface area contributed by atoms with Gasteiger partial charge < -0.3 is 10.0 Å². The molecule has 1 aliphatic heterocycles. The summed E-state index contributed by atoms with van der Waals surface area (Å²) in [7, 11) is 0. The highest BCUT2D eigenvalue weighted by molar-refractivity contribution is 5.93. The highest BCUT2D eigenvalue weighted by Crippen LogP contribution is 2.23. The van der Waals surface area contributed by atoms with Crippen molar-refractivity contribution in [1.29, 1.82) is 0 Å². The summed E-state index contributed by atoms with van der Waals surface area (Å²) >= 11 is 0. The minimum absolute atomic E-state index is 0.147. The number of amides is 1. The minimum atomic E-state index is -0.147. The number of aryl methyl sites for hydroxylation is 1. The van der Waals surface area contributed by atoms with Crippen LogP contribution in [-0.4, -0.2) is 24.2 Å². The number of aliphatic hydroxyl groups excluding tert-OH is 1. The smallest absolute Gasteiger partial charge is 0.226 e. The molecular formula is C16H19NO2. The van der Waals surface area contributed by atoms with Crippen molar-refractivity contribution in [3.05, 3.63) is 29.3 Å². The van der Waals surface area contributed by atoms with Crippen molar-refractivity contribution in [2.24, 2.45) is 0 Å². The zero-order chi connectivity index (χ0) is 13.7. The third-order valence-electron chi connectivity index (χ3n) is 3.41. The molecule has 0 atom stereocenters. The predicted molar refractivity (Wildman–Crippen MR) is 76.0 cm³/mol. The van der Waals surface area contributed by atoms with Gasteiger partial charge in [-0.3, -0.25) is 4.79 Å². The zero-order valence-electron chi connectivity index (χ0n) is 11.3. The molecule has 3 heteroatoms. The molecule has 1 heterocycles. The lowest BCUT2D eigenvalue weighted by Crippen LogP contribution is -2.30. The maximum absolute atomic E-state index is 12.1. The van der Waals surface area contributed by atoms with E-state index >= 15 is 0 Å². The fraction of sp³-hybridized carbons (Fsp3) is 0.438. The topological polar surface area (TPSA) is 40.5 Å². The van der Waals surface area contributed by atoms with Gasteiger partial charge in [0.2, 0.25) is 5.91 Å². The SMILES string of the molecule is Cc1ccc(N2CCCCCC2=O)cc1C#CCO. The Morgan fingerprint density at radius 3 is 2.95 bits per heavy atom. The van der Waals surface area contributed by atoms with Crippen molar-refractivity contribution in [3.63, 3.8) is 0 Å². The molecule has 0 radical (unpaired) electrons. The van der Waals surface area contributed by atoms with Gasteiger partial charge in [0.1, 0.15) is 6.61 Å². The standard InChI is InChI=1S/C16H19NO2/c1-13-8-9-15(12-14(13)6-5-11-18)17-10-4-2-3-7-16(17)19/h8-9,12,18H,2-4,7,10-11H2,1H3. The van der Waals surface area contributed by atoms with Gasteiger partial charge in [-0.15, -0.1) is 0 Å². The molecule has 3 nitrogen and oxygen atoms in total. The number of benzene rings is 1. The van der Waals surface area contributed by atoms with Gasteiger partial charge in [-0.2, -0.15) is 0 Å². The second-order valence-electron chi connectivity index (χ2n) is 4.82. The average molecular weight is 257 g/mol. The van der Waals surface area contributed by atoms with E-state index in [9.17, 15) is 4.79 Å². The van der Waals surface area contributed by atoms with Crippen molar-refractivity contribution in [2.75, 3.05) is 18.1 Å². The molecule has 1 aromatic rings. The lowest BCUT2D eigenvalue weighted by atomic mass is 10.1. The first kappa shape index (κ1) is 13.6. The lowest BCUT2D eigenvalue weighted by Gasteiger charge is -2.21. The summed E-state index contributed by atoms with van der Waals surface area (Å²) < 4.78 is 0. The van der Waals surface area contributed by atoms with E-state index in [-0.39, 0.29) is 12.5 Å². The first-order valence-electron chi connectivity index (χ1n) is 6.73. The van der Waals surface area contributed by atoms with E-state index in [4.69, 9.17) is 5.11 Å². The van der Waals surface area contributed by atoms with Gasteiger partial charge in [0.05, 0.1) is 0 Å². The lowest BCUT2D eigenvalue weighted by molar-refractivity contribution is -0.118. The first-order chi connectivity index (χ1) is 9.22. The number of nitrogens with zero attached hydrogens (tertiary/aromatic N) is 1. The van der Waals surface area contributed by atoms with Crippen LogP contribution >= 0.6 is 0 Å². The largest absolute Gasteiger partial charge is 0.384 e. The number of carbonyl (C=O) groups is 1. The Hall–Kier alpha value is -1.79. The second-order valence-corrected chi connectivity index (χ2v) is 4.82. The second kappa shape index (κ2) is 6.40. The fourth-order valence-electron chi connectivity index (χ4n) is 2.30. The molecule has 1 N–H and O–H groups in total. The molecular weight excluding hydrogens is 238 g/mol. The molecule has 1 amide bonds. The van der Waals surface area contributed by atoms with Gasteiger partial charge in [0, 0.05) is 24.2 Å². The molecule has 0 aliphatic carbocycles. The molecule has 19 heavy (non-hydrogen) atoms. The van der Waals surface area contributed by atoms with Gasteiger partial charge in [-0.25, -0.2) is 0 Å². The summed E-state index contributed by atoms with van der Waals surface area (Å²) in [4.78, 5) is 13.9. The number of hydrogen-bond acceptors (Lipinski definition) is 2. The molecule has 1 aliphatic rings. The van der Waals surface area contributed by atoms with Crippen molar-refractivity contribution >= 4 is 11.6 Å². The van der Waals surface area contributed by atoms with E-state index in [1.165, 1.54) is 0 Å². The molecule has 0 aromatic heterocycles. The van der Waals surface area contributed by atoms with Crippen LogP contribution in [0.1, 0.15) is 36.8 Å². The maximum atomic E-state index is 12.1. The van der Waals surface area contributed by atoms with Crippen LogP contribution in [0.2, 0.25) is 0 Å². The number of anilines is 1. The Bertz CT molecular complexity index is 525. The molecule has 1 fully saturated rings. The highest BCUT2D eigenvalue weighted by atomic mass is 16.2. The number of hydrogen-bond donors (Lipinski definition) is 1. The van der Waals surface area contributed by atoms with Gasteiger partial charge >= 0.3 is 0 Å². The van der Waals surface area contributed by atoms with Crippen molar-refractivity contribution in [1.82, 2.24) is 0 Å². The summed E-state index contributed by atoms with van der Waals surface area (Å²) in [5.41, 5.74) is 2.86. The van der Waals surface area contributed by atoms with Gasteiger partial charge in [-0.1, -0.05) is 24.3 Å². The van der Waals surface area contributed by atoms with Crippen LogP contribution in [0.4, 0.5) is 5.69 Å². The normalized spacial score (nSPS) is 15.7. The molecule has 100 valence electrons. The molecule has 1 saturated heterocycles. The molecule has 1 aromatic carbocycles. The van der Waals surface area contributed by atoms with Crippen LogP contribution in [0.15, 0.2) is 18.2 Å². The third kappa shape index (κ3) is 3.36. The molecule has 0 spiro atoms. The van der Waals surface area contributed by atoms with Gasteiger partial charge in [-0.05, 0) is 37.5 Å². The quantitative estimate of drug-likeness (QED) is 0.784. The molecule has 0 saturated carbocycles. The molecule has 0 bridgehead atoms. The van der Waals surface area contributed by atoms with Crippen LogP contribution < -0.4 is 4.90 Å². The summed E-state index contributed by atoms with van der Waals surface area (Å²) in [5, 5.41) is 8.78. The van der Waals surface area contributed by atoms with E-state index in [1.54, 1.807) is 0 Å². The zero-order valence-corrected chi connectivity index (χ0v) is 11.3. The highest BCUT2D eigenvalue weighted by Gasteiger charge is 2.18. The number of aliphatic hydroxyl groups is 1. The van der Waals surface area contributed by atoms with E-state index in [0.717, 1.165) is 42.6 Å². The summed E-state index contributed by atoms with van der Waals surface area (Å²) in [6, 6.07) is 5.90. The first-order valence-corrected chi connectivity index (χ1v) is 6.73. The summed E-state index contributed by atoms with van der Waals surface area (Å²) in [6.07, 6.45) is 3.78. The Labute approximate surface area is 114 Å². The third-order valence-corrected chi connectivity index (χ3v) is 3.41. The summed E-state index contributed by atoms with van der Waals surface area (Å²) in [5.74, 6) is 5.79. The predicted octanol–water partition coefficient (Wildman–Crippen LogP) is 2.25. The maximum Gasteiger partial charge on any atom is 0.226 e. The van der Waals surface area contributed by atoms with E-state index in [0.29, 0.717) is 6.42 Å². The average Bonchev–Trinajstić information content (AvgIpc) is 2.63. The Kier molecular flexibility index (Phi) is 4.59. The van der Waals surface area contributed by atoms with E-state index < -0.39 is 0 Å². The Balaban J connectivity index is 2.31. The van der Waals surface area contributed by atoms with E-state index in [2.05, 4.69) is 11.8 Å². The van der Waals surface area contributed by atoms with Gasteiger partial charge in [0.25, 0.3) is 0 Å². The molecule has 2 rings (SSSR count). The minimum Gasteiger partial charge on any atom is -0.384 e. The Morgan fingerprint density at radius 2 is 2.16 bits per heavy atom. The van der Waals surface area contributed by atoms with Crippen LogP contribution in [-0.2, 0) is 4.79 Å². The van der Waals surface area contributed by atoms with E-state index in [1.807, 2.05) is 30.0 Å². The fourth-order valence-corrected chi connectivity index (χ4v) is 2.30. The summed E-state index contributed by atoms with van der Waals surface area (Å²) in [6.45, 7) is 2.62. The monoisotopic (exact) mass is 257 g/mol. The number of carbonyl (C=O) groups excluding carboxylic acids is 1. The number of rotatable bonds is 1. The Morgan fingerprint density at radius 1 is 1.32 bits per heavy atom.